The lowest BCUT2D eigenvalue weighted by atomic mass is 10.1. The fourth-order valence-electron chi connectivity index (χ4n) is 3.46. The number of nitrogens with zero attached hydrogens (tertiary/aromatic N) is 4. The normalized spacial score (nSPS) is 16.2. The van der Waals surface area contributed by atoms with Gasteiger partial charge in [0.1, 0.15) is 11.6 Å². The second-order valence-corrected chi connectivity index (χ2v) is 7.05. The van der Waals surface area contributed by atoms with Crippen LogP contribution < -0.4 is 11.1 Å². The van der Waals surface area contributed by atoms with E-state index in [4.69, 9.17) is 5.73 Å². The number of nitrogens with two attached hydrogens (primary N) is 1. The number of urea groups is 1. The zero-order valence-electron chi connectivity index (χ0n) is 15.6. The van der Waals surface area contributed by atoms with Crippen LogP contribution in [-0.2, 0) is 6.54 Å². The van der Waals surface area contributed by atoms with Crippen LogP contribution in [0.25, 0.3) is 11.3 Å². The molecule has 4 rings (SSSR count). The summed E-state index contributed by atoms with van der Waals surface area (Å²) in [5.41, 5.74) is 6.58. The Kier molecular flexibility index (Phi) is 5.11. The number of likely N-dealkylation sites (tertiary alicyclic amines) is 1. The number of pyridine rings is 1. The van der Waals surface area contributed by atoms with E-state index >= 15 is 0 Å². The summed E-state index contributed by atoms with van der Waals surface area (Å²) in [6.45, 7) is 2.02. The fraction of sp³-hybridized carbons (Fsp3) is 0.250. The Bertz CT molecular complexity index is 1020. The summed E-state index contributed by atoms with van der Waals surface area (Å²) in [5, 5.41) is 2.71. The molecule has 1 aliphatic heterocycles. The van der Waals surface area contributed by atoms with Gasteiger partial charge in [0.05, 0.1) is 17.7 Å². The third-order valence-electron chi connectivity index (χ3n) is 4.96. The van der Waals surface area contributed by atoms with Gasteiger partial charge >= 0.3 is 6.03 Å². The first-order chi connectivity index (χ1) is 14.0. The minimum atomic E-state index is -0.735. The minimum Gasteiger partial charge on any atom is -0.396 e. The molecule has 3 N–H and O–H groups in total. The van der Waals surface area contributed by atoms with Gasteiger partial charge in [0, 0.05) is 43.7 Å². The largest absolute Gasteiger partial charge is 0.396 e. The van der Waals surface area contributed by atoms with Crippen molar-refractivity contribution < 1.29 is 13.6 Å². The lowest BCUT2D eigenvalue weighted by molar-refractivity contribution is 0.220. The number of anilines is 2. The summed E-state index contributed by atoms with van der Waals surface area (Å²) in [6, 6.07) is 5.99. The van der Waals surface area contributed by atoms with Crippen molar-refractivity contribution in [3.63, 3.8) is 0 Å². The van der Waals surface area contributed by atoms with E-state index in [1.807, 2.05) is 10.8 Å². The Morgan fingerprint density at radius 2 is 2.14 bits per heavy atom. The molecule has 0 aliphatic carbocycles. The molecule has 9 heteroatoms. The molecule has 3 heterocycles. The standard InChI is InChI=1S/C20H20F2N6O/c21-14-1-2-15(16(22)9-14)18-4-3-17(23)19(25-18)26-20(29)28-7-5-13(11-28)10-27-8-6-24-12-27/h1-4,6,8-9,12-13H,5,7,10-11,23H2,(H,25,26,29)/t13-/m0/s1. The smallest absolute Gasteiger partial charge is 0.323 e. The van der Waals surface area contributed by atoms with Gasteiger partial charge in [-0.05, 0) is 36.6 Å². The highest BCUT2D eigenvalue weighted by atomic mass is 19.1. The van der Waals surface area contributed by atoms with E-state index in [0.29, 0.717) is 19.0 Å². The molecule has 0 radical (unpaired) electrons. The molecule has 7 nitrogen and oxygen atoms in total. The first-order valence-electron chi connectivity index (χ1n) is 9.23. The summed E-state index contributed by atoms with van der Waals surface area (Å²) >= 11 is 0. The highest BCUT2D eigenvalue weighted by Gasteiger charge is 2.27. The number of amides is 2. The van der Waals surface area contributed by atoms with Crippen molar-refractivity contribution in [3.05, 3.63) is 60.7 Å². The van der Waals surface area contributed by atoms with Gasteiger partial charge < -0.3 is 15.2 Å². The molecular formula is C20H20F2N6O. The maximum absolute atomic E-state index is 14.1. The number of hydrogen-bond donors (Lipinski definition) is 2. The Morgan fingerprint density at radius 1 is 1.28 bits per heavy atom. The van der Waals surface area contributed by atoms with Crippen molar-refractivity contribution in [1.82, 2.24) is 19.4 Å². The average molecular weight is 398 g/mol. The number of hydrogen-bond acceptors (Lipinski definition) is 4. The van der Waals surface area contributed by atoms with Crippen LogP contribution in [0.15, 0.2) is 49.1 Å². The summed E-state index contributed by atoms with van der Waals surface area (Å²) in [7, 11) is 0. The van der Waals surface area contributed by atoms with E-state index in [2.05, 4.69) is 15.3 Å². The number of carbonyl (C=O) groups excluding carboxylic acids is 1. The first-order valence-corrected chi connectivity index (χ1v) is 9.23. The molecule has 29 heavy (non-hydrogen) atoms. The highest BCUT2D eigenvalue weighted by Crippen LogP contribution is 2.27. The zero-order valence-corrected chi connectivity index (χ0v) is 15.6. The number of benzene rings is 1. The van der Waals surface area contributed by atoms with Gasteiger partial charge in [-0.25, -0.2) is 23.5 Å². The topological polar surface area (TPSA) is 89.1 Å². The molecule has 1 aliphatic rings. The van der Waals surface area contributed by atoms with Crippen LogP contribution >= 0.6 is 0 Å². The van der Waals surface area contributed by atoms with E-state index in [1.165, 1.54) is 18.2 Å². The summed E-state index contributed by atoms with van der Waals surface area (Å²) in [4.78, 5) is 22.6. The molecule has 0 bridgehead atoms. The molecule has 2 amide bonds. The van der Waals surface area contributed by atoms with Crippen molar-refractivity contribution in [2.75, 3.05) is 24.1 Å². The number of imidazole rings is 1. The predicted octanol–water partition coefficient (Wildman–Crippen LogP) is 3.36. The molecule has 1 atom stereocenters. The Labute approximate surface area is 166 Å². The van der Waals surface area contributed by atoms with Gasteiger partial charge in [-0.1, -0.05) is 0 Å². The van der Waals surface area contributed by atoms with Crippen molar-refractivity contribution in [1.29, 1.82) is 0 Å². The lowest BCUT2D eigenvalue weighted by Crippen LogP contribution is -2.33. The number of halogens is 2. The predicted molar refractivity (Wildman–Crippen MR) is 105 cm³/mol. The SMILES string of the molecule is Nc1ccc(-c2ccc(F)cc2F)nc1NC(=O)N1CC[C@@H](Cn2ccnc2)C1. The maximum atomic E-state index is 14.1. The number of carbonyl (C=O) groups is 1. The molecule has 150 valence electrons. The molecule has 0 spiro atoms. The van der Waals surface area contributed by atoms with E-state index in [0.717, 1.165) is 25.1 Å². The third kappa shape index (κ3) is 4.18. The van der Waals surface area contributed by atoms with E-state index in [1.54, 1.807) is 17.4 Å². The second-order valence-electron chi connectivity index (χ2n) is 7.05. The zero-order chi connectivity index (χ0) is 20.4. The Balaban J connectivity index is 1.45. The van der Waals surface area contributed by atoms with Crippen LogP contribution in [-0.4, -0.2) is 38.6 Å². The Morgan fingerprint density at radius 3 is 2.90 bits per heavy atom. The minimum absolute atomic E-state index is 0.128. The van der Waals surface area contributed by atoms with E-state index in [-0.39, 0.29) is 28.8 Å². The quantitative estimate of drug-likeness (QED) is 0.705. The van der Waals surface area contributed by atoms with Crippen molar-refractivity contribution >= 4 is 17.5 Å². The first kappa shape index (κ1) is 18.9. The van der Waals surface area contributed by atoms with Crippen molar-refractivity contribution in [2.45, 2.75) is 13.0 Å². The van der Waals surface area contributed by atoms with Crippen molar-refractivity contribution in [2.24, 2.45) is 5.92 Å². The molecule has 0 saturated carbocycles. The van der Waals surface area contributed by atoms with Gasteiger partial charge in [-0.2, -0.15) is 0 Å². The van der Waals surface area contributed by atoms with Crippen molar-refractivity contribution in [3.8, 4) is 11.3 Å². The van der Waals surface area contributed by atoms with E-state index in [9.17, 15) is 13.6 Å². The molecule has 1 fully saturated rings. The van der Waals surface area contributed by atoms with Gasteiger partial charge in [-0.15, -0.1) is 0 Å². The summed E-state index contributed by atoms with van der Waals surface area (Å²) in [6.07, 6.45) is 6.26. The Hall–Kier alpha value is -3.49. The fourth-order valence-corrected chi connectivity index (χ4v) is 3.46. The third-order valence-corrected chi connectivity index (χ3v) is 4.96. The van der Waals surface area contributed by atoms with Crippen LogP contribution in [0.2, 0.25) is 0 Å². The molecule has 1 aromatic carbocycles. The maximum Gasteiger partial charge on any atom is 0.323 e. The molecule has 0 unspecified atom stereocenters. The van der Waals surface area contributed by atoms with Gasteiger partial charge in [0.25, 0.3) is 0 Å². The molecular weight excluding hydrogens is 378 g/mol. The van der Waals surface area contributed by atoms with Crippen LogP contribution in [0.1, 0.15) is 6.42 Å². The number of aromatic nitrogens is 3. The van der Waals surface area contributed by atoms with Gasteiger partial charge in [0.2, 0.25) is 0 Å². The molecule has 1 saturated heterocycles. The van der Waals surface area contributed by atoms with Gasteiger partial charge in [0.15, 0.2) is 5.82 Å². The molecule has 3 aromatic rings. The van der Waals surface area contributed by atoms with Gasteiger partial charge in [-0.3, -0.25) is 5.32 Å². The summed E-state index contributed by atoms with van der Waals surface area (Å²) < 4.78 is 29.2. The van der Waals surface area contributed by atoms with Crippen LogP contribution in [0.5, 0.6) is 0 Å². The highest BCUT2D eigenvalue weighted by molar-refractivity contribution is 5.92. The summed E-state index contributed by atoms with van der Waals surface area (Å²) in [5.74, 6) is -0.926. The number of nitrogens with one attached hydrogen (secondary N) is 1. The van der Waals surface area contributed by atoms with E-state index < -0.39 is 11.6 Å². The second kappa shape index (κ2) is 7.86. The van der Waals surface area contributed by atoms with Crippen LogP contribution in [0, 0.1) is 17.6 Å². The number of nitrogen functional groups attached to an aromatic ring is 1. The van der Waals surface area contributed by atoms with Crippen LogP contribution in [0.3, 0.4) is 0 Å². The average Bonchev–Trinajstić information content (AvgIpc) is 3.36. The van der Waals surface area contributed by atoms with Crippen LogP contribution in [0.4, 0.5) is 25.1 Å². The number of rotatable bonds is 4. The molecule has 2 aromatic heterocycles. The monoisotopic (exact) mass is 398 g/mol. The lowest BCUT2D eigenvalue weighted by Gasteiger charge is -2.18.